The van der Waals surface area contributed by atoms with Gasteiger partial charge in [-0.25, -0.2) is 10.1 Å². The highest BCUT2D eigenvalue weighted by Crippen LogP contribution is 2.25. The molecule has 1 rings (SSSR count). The van der Waals surface area contributed by atoms with Crippen molar-refractivity contribution in [2.75, 3.05) is 0 Å². The molecule has 72 valence electrons. The topological polar surface area (TPSA) is 0 Å². The fourth-order valence-electron chi connectivity index (χ4n) is 1.26. The molecule has 0 heterocycles. The highest BCUT2D eigenvalue weighted by Gasteiger charge is 2.15. The summed E-state index contributed by atoms with van der Waals surface area (Å²) in [5.74, 6) is 0. The smallest absolute Gasteiger partial charge is 0.223 e. The Morgan fingerprint density at radius 1 is 1.07 bits per heavy atom. The number of rotatable bonds is 6. The maximum absolute atomic E-state index is 3.81. The van der Waals surface area contributed by atoms with E-state index in [0.29, 0.717) is 0 Å². The van der Waals surface area contributed by atoms with Gasteiger partial charge in [-0.05, 0) is 4.90 Å². The van der Waals surface area contributed by atoms with Crippen LogP contribution < -0.4 is 0 Å². The van der Waals surface area contributed by atoms with E-state index in [2.05, 4.69) is 43.5 Å². The molecule has 0 aliphatic carbocycles. The van der Waals surface area contributed by atoms with Gasteiger partial charge >= 0.3 is 13.0 Å². The second-order valence-electron chi connectivity index (χ2n) is 3.10. The maximum atomic E-state index is 3.81. The quantitative estimate of drug-likeness (QED) is 0.510. The van der Waals surface area contributed by atoms with Gasteiger partial charge in [0.25, 0.3) is 0 Å². The van der Waals surface area contributed by atoms with Crippen LogP contribution in [0.4, 0.5) is 0 Å². The molecule has 0 fully saturated rings. The summed E-state index contributed by atoms with van der Waals surface area (Å²) in [5, 5.41) is 2.34. The second-order valence-corrected chi connectivity index (χ2v) is 8.70. The Bertz CT molecular complexity index is 272. The standard InChI is InChI=1S/C6H6S.2C3H5.Al/c7-6-4-2-1-3-5-6;2*1-3-2;/h1-5,7H;2*3H,1-2H2;/q;;;+1/p-1. The number of benzene rings is 1. The largest absolute Gasteiger partial charge is 0.365 e. The molecule has 14 heavy (non-hydrogen) atoms. The van der Waals surface area contributed by atoms with Crippen molar-refractivity contribution in [1.29, 1.82) is 0 Å². The van der Waals surface area contributed by atoms with Gasteiger partial charge in [0.2, 0.25) is 0 Å². The fraction of sp³-hybridized carbons (Fsp3) is 0.167. The lowest BCUT2D eigenvalue weighted by Crippen LogP contribution is -2.03. The van der Waals surface area contributed by atoms with E-state index < -0.39 is 13.0 Å². The van der Waals surface area contributed by atoms with Crippen molar-refractivity contribution in [3.8, 4) is 0 Å². The number of hydrogen-bond acceptors (Lipinski definition) is 1. The SMILES string of the molecule is C=C[CH2][Al]([CH2]C=C)[S]c1ccccc1. The predicted octanol–water partition coefficient (Wildman–Crippen LogP) is 4.14. The second kappa shape index (κ2) is 6.95. The van der Waals surface area contributed by atoms with Crippen molar-refractivity contribution in [3.63, 3.8) is 0 Å². The first-order valence-electron chi connectivity index (χ1n) is 4.80. The van der Waals surface area contributed by atoms with Gasteiger partial charge in [-0.2, -0.15) is 0 Å². The van der Waals surface area contributed by atoms with Gasteiger partial charge in [0, 0.05) is 0 Å². The molecule has 0 radical (unpaired) electrons. The van der Waals surface area contributed by atoms with Crippen LogP contribution in [0.3, 0.4) is 0 Å². The molecule has 0 aliphatic heterocycles. The summed E-state index contributed by atoms with van der Waals surface area (Å²) in [4.78, 5) is 1.38. The molecule has 0 atom stereocenters. The minimum Gasteiger partial charge on any atom is -0.223 e. The Hall–Kier alpha value is -0.418. The van der Waals surface area contributed by atoms with E-state index in [9.17, 15) is 0 Å². The molecule has 0 unspecified atom stereocenters. The fourth-order valence-corrected chi connectivity index (χ4v) is 6.10. The lowest BCUT2D eigenvalue weighted by molar-refractivity contribution is 1.47. The molecule has 1 aromatic rings. The van der Waals surface area contributed by atoms with Crippen LogP contribution in [-0.4, -0.2) is 13.0 Å². The Balaban J connectivity index is 2.54. The van der Waals surface area contributed by atoms with Crippen LogP contribution in [0.5, 0.6) is 0 Å². The average Bonchev–Trinajstić information content (AvgIpc) is 2.20. The summed E-state index contributed by atoms with van der Waals surface area (Å²) >= 11 is -0.780. The van der Waals surface area contributed by atoms with Crippen molar-refractivity contribution in [3.05, 3.63) is 55.6 Å². The van der Waals surface area contributed by atoms with Crippen LogP contribution in [0, 0.1) is 0 Å². The zero-order valence-corrected chi connectivity index (χ0v) is 10.3. The highest BCUT2D eigenvalue weighted by atomic mass is 32.3. The number of hydrogen-bond donors (Lipinski definition) is 0. The van der Waals surface area contributed by atoms with E-state index in [1.54, 1.807) is 0 Å². The first kappa shape index (κ1) is 11.7. The third-order valence-corrected chi connectivity index (χ3v) is 7.47. The summed E-state index contributed by atoms with van der Waals surface area (Å²) in [6, 6.07) is 10.6. The third kappa shape index (κ3) is 4.20. The van der Waals surface area contributed by atoms with Gasteiger partial charge < -0.3 is 0 Å². The van der Waals surface area contributed by atoms with E-state index in [0.717, 1.165) is 0 Å². The molecule has 0 saturated heterocycles. The van der Waals surface area contributed by atoms with Gasteiger partial charge in [-0.15, -0.1) is 25.3 Å². The lowest BCUT2D eigenvalue weighted by atomic mass is 10.4. The van der Waals surface area contributed by atoms with E-state index in [1.165, 1.54) is 15.5 Å². The van der Waals surface area contributed by atoms with Gasteiger partial charge in [0.15, 0.2) is 0 Å². The van der Waals surface area contributed by atoms with Crippen molar-refractivity contribution in [2.24, 2.45) is 0 Å². The normalized spacial score (nSPS) is 9.43. The summed E-state index contributed by atoms with van der Waals surface area (Å²) < 4.78 is 0. The molecule has 0 aliphatic rings. The van der Waals surface area contributed by atoms with Gasteiger partial charge in [-0.3, -0.25) is 0 Å². The first-order chi connectivity index (χ1) is 6.86. The Morgan fingerprint density at radius 2 is 1.64 bits per heavy atom. The van der Waals surface area contributed by atoms with Crippen LogP contribution >= 0.6 is 10.1 Å². The monoisotopic (exact) mass is 218 g/mol. The molecule has 0 spiro atoms. The molecule has 0 bridgehead atoms. The number of allylic oxidation sites excluding steroid dienone is 2. The van der Waals surface area contributed by atoms with Gasteiger partial charge in [0.1, 0.15) is 0 Å². The zero-order chi connectivity index (χ0) is 10.2. The van der Waals surface area contributed by atoms with Gasteiger partial charge in [-0.1, -0.05) is 40.9 Å². The van der Waals surface area contributed by atoms with Crippen LogP contribution in [0.15, 0.2) is 60.5 Å². The molecule has 0 nitrogen and oxygen atoms in total. The van der Waals surface area contributed by atoms with Crippen LogP contribution in [0.2, 0.25) is 10.6 Å². The molecular weight excluding hydrogens is 203 g/mol. The van der Waals surface area contributed by atoms with Crippen LogP contribution in [0.1, 0.15) is 0 Å². The summed E-state index contributed by atoms with van der Waals surface area (Å²) in [5.41, 5.74) is 0. The predicted molar refractivity (Wildman–Crippen MR) is 68.1 cm³/mol. The maximum Gasteiger partial charge on any atom is 0.365 e. The summed E-state index contributed by atoms with van der Waals surface area (Å²) in [6.07, 6.45) is 4.08. The minimum absolute atomic E-state index is 0.780. The van der Waals surface area contributed by atoms with E-state index in [1.807, 2.05) is 22.3 Å². The highest BCUT2D eigenvalue weighted by molar-refractivity contribution is 8.25. The van der Waals surface area contributed by atoms with Gasteiger partial charge in [0.05, 0.1) is 0 Å². The Kier molecular flexibility index (Phi) is 5.79. The van der Waals surface area contributed by atoms with Crippen molar-refractivity contribution < 1.29 is 0 Å². The lowest BCUT2D eigenvalue weighted by Gasteiger charge is -2.06. The first-order valence-corrected chi connectivity index (χ1v) is 8.73. The van der Waals surface area contributed by atoms with Crippen molar-refractivity contribution in [2.45, 2.75) is 15.5 Å². The molecule has 2 heteroatoms. The Morgan fingerprint density at radius 3 is 2.14 bits per heavy atom. The average molecular weight is 218 g/mol. The molecule has 0 N–H and O–H groups in total. The Labute approximate surface area is 94.2 Å². The zero-order valence-electron chi connectivity index (χ0n) is 8.36. The van der Waals surface area contributed by atoms with E-state index >= 15 is 0 Å². The van der Waals surface area contributed by atoms with E-state index in [4.69, 9.17) is 0 Å². The van der Waals surface area contributed by atoms with Crippen molar-refractivity contribution in [1.82, 2.24) is 0 Å². The molecule has 0 amide bonds. The minimum atomic E-state index is -0.780. The molecule has 0 aromatic heterocycles. The molecule has 1 aromatic carbocycles. The summed E-state index contributed by atoms with van der Waals surface area (Å²) in [6.45, 7) is 7.62. The summed E-state index contributed by atoms with van der Waals surface area (Å²) in [7, 11) is 2.03. The third-order valence-electron chi connectivity index (χ3n) is 1.91. The van der Waals surface area contributed by atoms with Crippen molar-refractivity contribution >= 4 is 23.1 Å². The molecule has 0 saturated carbocycles. The van der Waals surface area contributed by atoms with Crippen LogP contribution in [0.25, 0.3) is 0 Å². The van der Waals surface area contributed by atoms with E-state index in [-0.39, 0.29) is 0 Å². The van der Waals surface area contributed by atoms with Crippen LogP contribution in [-0.2, 0) is 0 Å². The molecular formula is C12H15AlS.